The molecule has 1 N–H and O–H groups in total. The van der Waals surface area contributed by atoms with E-state index in [4.69, 9.17) is 5.11 Å². The fraction of sp³-hybridized carbons (Fsp3) is 0.733. The lowest BCUT2D eigenvalue weighted by atomic mass is 9.69. The van der Waals surface area contributed by atoms with Crippen molar-refractivity contribution in [3.8, 4) is 0 Å². The first kappa shape index (κ1) is 11.9. The summed E-state index contributed by atoms with van der Waals surface area (Å²) in [6.07, 6.45) is 8.66. The minimum Gasteiger partial charge on any atom is -0.392 e. The molecule has 2 rings (SSSR count). The first-order valence-electron chi connectivity index (χ1n) is 6.53. The molecule has 0 aromatic rings. The summed E-state index contributed by atoms with van der Waals surface area (Å²) in [6.45, 7) is 8.94. The van der Waals surface area contributed by atoms with Crippen molar-refractivity contribution in [2.45, 2.75) is 46.0 Å². The van der Waals surface area contributed by atoms with Gasteiger partial charge in [0.15, 0.2) is 0 Å². The Kier molecular flexibility index (Phi) is 3.25. The molecule has 0 heterocycles. The molecule has 0 spiro atoms. The van der Waals surface area contributed by atoms with Gasteiger partial charge in [-0.15, -0.1) is 0 Å². The molecule has 2 aliphatic carbocycles. The number of hydrogen-bond donors (Lipinski definition) is 1. The smallest absolute Gasteiger partial charge is 0.0639 e. The quantitative estimate of drug-likeness (QED) is 0.716. The Morgan fingerprint density at radius 2 is 2.31 bits per heavy atom. The van der Waals surface area contributed by atoms with E-state index in [0.717, 1.165) is 23.8 Å². The van der Waals surface area contributed by atoms with E-state index in [0.29, 0.717) is 5.41 Å². The average molecular weight is 220 g/mol. The first-order chi connectivity index (χ1) is 7.58. The molecule has 2 fully saturated rings. The van der Waals surface area contributed by atoms with Crippen molar-refractivity contribution in [2.75, 3.05) is 6.61 Å². The number of hydrogen-bond acceptors (Lipinski definition) is 1. The Balaban J connectivity index is 1.96. The van der Waals surface area contributed by atoms with Crippen LogP contribution in [0.25, 0.3) is 0 Å². The van der Waals surface area contributed by atoms with Crippen LogP contribution in [0.3, 0.4) is 0 Å². The monoisotopic (exact) mass is 220 g/mol. The molecule has 0 radical (unpaired) electrons. The van der Waals surface area contributed by atoms with Crippen LogP contribution >= 0.6 is 0 Å². The lowest BCUT2D eigenvalue weighted by Gasteiger charge is -2.36. The first-order valence-corrected chi connectivity index (χ1v) is 6.53. The van der Waals surface area contributed by atoms with Crippen LogP contribution < -0.4 is 0 Å². The third-order valence-electron chi connectivity index (χ3n) is 4.97. The van der Waals surface area contributed by atoms with Gasteiger partial charge in [0, 0.05) is 0 Å². The summed E-state index contributed by atoms with van der Waals surface area (Å²) in [5.74, 6) is 1.70. The van der Waals surface area contributed by atoms with Crippen LogP contribution in [0.1, 0.15) is 46.0 Å². The molecule has 0 saturated heterocycles. The van der Waals surface area contributed by atoms with Crippen LogP contribution in [-0.2, 0) is 0 Å². The molecule has 0 amide bonds. The minimum atomic E-state index is 0.198. The van der Waals surface area contributed by atoms with E-state index in [1.807, 2.05) is 6.92 Å². The second-order valence-electron chi connectivity index (χ2n) is 5.90. The van der Waals surface area contributed by atoms with Gasteiger partial charge in [-0.1, -0.05) is 30.7 Å². The SMILES string of the molecule is C=C1[C@H]2CC[C@H](C2)[C@@]1(C)CC/C=C(\C)CO. The van der Waals surface area contributed by atoms with E-state index in [2.05, 4.69) is 19.6 Å². The van der Waals surface area contributed by atoms with Crippen molar-refractivity contribution in [1.82, 2.24) is 0 Å². The maximum atomic E-state index is 8.96. The molecule has 1 nitrogen and oxygen atoms in total. The van der Waals surface area contributed by atoms with Crippen molar-refractivity contribution in [2.24, 2.45) is 17.3 Å². The predicted octanol–water partition coefficient (Wildman–Crippen LogP) is 3.70. The van der Waals surface area contributed by atoms with Crippen molar-refractivity contribution in [3.63, 3.8) is 0 Å². The Morgan fingerprint density at radius 1 is 1.56 bits per heavy atom. The van der Waals surface area contributed by atoms with Crippen molar-refractivity contribution in [3.05, 3.63) is 23.8 Å². The lowest BCUT2D eigenvalue weighted by molar-refractivity contribution is 0.240. The van der Waals surface area contributed by atoms with Gasteiger partial charge in [-0.2, -0.15) is 0 Å². The highest BCUT2D eigenvalue weighted by Gasteiger charge is 2.49. The highest BCUT2D eigenvalue weighted by Crippen LogP contribution is 2.60. The predicted molar refractivity (Wildman–Crippen MR) is 68.2 cm³/mol. The van der Waals surface area contributed by atoms with Gasteiger partial charge in [-0.05, 0) is 56.3 Å². The Bertz CT molecular complexity index is 315. The zero-order valence-electron chi connectivity index (χ0n) is 10.6. The van der Waals surface area contributed by atoms with Crippen LogP contribution in [0, 0.1) is 17.3 Å². The van der Waals surface area contributed by atoms with Gasteiger partial charge < -0.3 is 5.11 Å². The van der Waals surface area contributed by atoms with Crippen LogP contribution in [-0.4, -0.2) is 11.7 Å². The average Bonchev–Trinajstić information content (AvgIpc) is 2.83. The maximum absolute atomic E-state index is 8.96. The van der Waals surface area contributed by atoms with Gasteiger partial charge in [-0.25, -0.2) is 0 Å². The number of aliphatic hydroxyl groups is 1. The standard InChI is InChI=1S/C15H24O/c1-11(10-16)5-4-8-15(3)12(2)13-6-7-14(15)9-13/h5,13-14,16H,2,4,6-10H2,1,3H3/b11-5+/t13-,14+,15-/m0/s1. The van der Waals surface area contributed by atoms with Crippen LogP contribution in [0.4, 0.5) is 0 Å². The van der Waals surface area contributed by atoms with Gasteiger partial charge in [0.2, 0.25) is 0 Å². The van der Waals surface area contributed by atoms with Gasteiger partial charge in [0.25, 0.3) is 0 Å². The number of rotatable bonds is 4. The third kappa shape index (κ3) is 1.86. The summed E-state index contributed by atoms with van der Waals surface area (Å²) in [5.41, 5.74) is 2.99. The molecule has 2 saturated carbocycles. The summed E-state index contributed by atoms with van der Waals surface area (Å²) in [6, 6.07) is 0. The highest BCUT2D eigenvalue weighted by molar-refractivity contribution is 5.24. The van der Waals surface area contributed by atoms with Crippen LogP contribution in [0.15, 0.2) is 23.8 Å². The molecule has 3 atom stereocenters. The summed E-state index contributed by atoms with van der Waals surface area (Å²) >= 11 is 0. The summed E-state index contributed by atoms with van der Waals surface area (Å²) < 4.78 is 0. The van der Waals surface area contributed by atoms with Gasteiger partial charge >= 0.3 is 0 Å². The molecule has 1 heteroatoms. The highest BCUT2D eigenvalue weighted by atomic mass is 16.3. The Morgan fingerprint density at radius 3 is 2.88 bits per heavy atom. The van der Waals surface area contributed by atoms with Crippen LogP contribution in [0.5, 0.6) is 0 Å². The molecule has 0 unspecified atom stereocenters. The molecular weight excluding hydrogens is 196 g/mol. The maximum Gasteiger partial charge on any atom is 0.0639 e. The fourth-order valence-electron chi connectivity index (χ4n) is 3.65. The lowest BCUT2D eigenvalue weighted by Crippen LogP contribution is -2.26. The summed E-state index contributed by atoms with van der Waals surface area (Å²) in [4.78, 5) is 0. The van der Waals surface area contributed by atoms with Crippen molar-refractivity contribution >= 4 is 0 Å². The zero-order chi connectivity index (χ0) is 11.8. The molecule has 0 aliphatic heterocycles. The molecule has 2 bridgehead atoms. The summed E-state index contributed by atoms with van der Waals surface area (Å²) in [7, 11) is 0. The minimum absolute atomic E-state index is 0.198. The van der Waals surface area contributed by atoms with Gasteiger partial charge in [0.05, 0.1) is 6.61 Å². The second kappa shape index (κ2) is 4.37. The fourth-order valence-corrected chi connectivity index (χ4v) is 3.65. The normalized spacial score (nSPS) is 38.4. The van der Waals surface area contributed by atoms with Gasteiger partial charge in [-0.3, -0.25) is 0 Å². The molecule has 0 aromatic carbocycles. The Labute approximate surface area is 99.3 Å². The van der Waals surface area contributed by atoms with E-state index in [1.54, 1.807) is 0 Å². The largest absolute Gasteiger partial charge is 0.392 e. The Hall–Kier alpha value is -0.560. The summed E-state index contributed by atoms with van der Waals surface area (Å²) in [5, 5.41) is 8.96. The van der Waals surface area contributed by atoms with Crippen molar-refractivity contribution in [1.29, 1.82) is 0 Å². The molecular formula is C15H24O. The van der Waals surface area contributed by atoms with E-state index in [1.165, 1.54) is 31.3 Å². The van der Waals surface area contributed by atoms with Crippen molar-refractivity contribution < 1.29 is 5.11 Å². The molecule has 2 aliphatic rings. The molecule has 90 valence electrons. The number of aliphatic hydroxyl groups excluding tert-OH is 1. The van der Waals surface area contributed by atoms with E-state index in [-0.39, 0.29) is 6.61 Å². The molecule has 16 heavy (non-hydrogen) atoms. The number of allylic oxidation sites excluding steroid dienone is 2. The van der Waals surface area contributed by atoms with E-state index < -0.39 is 0 Å². The topological polar surface area (TPSA) is 20.2 Å². The number of fused-ring (bicyclic) bond motifs is 2. The third-order valence-corrected chi connectivity index (χ3v) is 4.97. The second-order valence-corrected chi connectivity index (χ2v) is 5.90. The molecule has 0 aromatic heterocycles. The van der Waals surface area contributed by atoms with E-state index in [9.17, 15) is 0 Å². The van der Waals surface area contributed by atoms with Crippen LogP contribution in [0.2, 0.25) is 0 Å². The van der Waals surface area contributed by atoms with E-state index >= 15 is 0 Å². The van der Waals surface area contributed by atoms with Gasteiger partial charge in [0.1, 0.15) is 0 Å². The zero-order valence-corrected chi connectivity index (χ0v) is 10.6.